The molecule has 0 unspecified atom stereocenters. The molecule has 0 aromatic heterocycles. The Hall–Kier alpha value is -1.35. The van der Waals surface area contributed by atoms with Crippen molar-refractivity contribution >= 4 is 5.97 Å². The molecule has 1 aromatic carbocycles. The molecular weight excluding hydrogens is 238 g/mol. The second-order valence-electron chi connectivity index (χ2n) is 6.27. The van der Waals surface area contributed by atoms with Gasteiger partial charge in [0.1, 0.15) is 0 Å². The molecule has 1 aliphatic rings. The SMILES string of the molecule is COC(=O)[C@H]1CNC[C@@H]1c1cccc(C(C)(C)C)c1. The van der Waals surface area contributed by atoms with E-state index in [1.165, 1.54) is 18.2 Å². The van der Waals surface area contributed by atoms with E-state index in [1.54, 1.807) is 0 Å². The van der Waals surface area contributed by atoms with E-state index < -0.39 is 0 Å². The molecule has 1 fully saturated rings. The third-order valence-electron chi connectivity index (χ3n) is 3.90. The van der Waals surface area contributed by atoms with E-state index in [9.17, 15) is 4.79 Å². The van der Waals surface area contributed by atoms with Crippen LogP contribution in [0.25, 0.3) is 0 Å². The zero-order valence-corrected chi connectivity index (χ0v) is 12.2. The van der Waals surface area contributed by atoms with Gasteiger partial charge in [-0.3, -0.25) is 4.79 Å². The van der Waals surface area contributed by atoms with Crippen LogP contribution in [0.1, 0.15) is 37.8 Å². The Balaban J connectivity index is 2.29. The Bertz CT molecular complexity index is 462. The minimum absolute atomic E-state index is 0.0692. The molecule has 1 N–H and O–H groups in total. The molecule has 104 valence electrons. The Morgan fingerprint density at radius 3 is 2.68 bits per heavy atom. The Labute approximate surface area is 115 Å². The molecule has 2 rings (SSSR count). The molecule has 2 atom stereocenters. The highest BCUT2D eigenvalue weighted by molar-refractivity contribution is 5.74. The fourth-order valence-corrected chi connectivity index (χ4v) is 2.66. The normalized spacial score (nSPS) is 23.4. The van der Waals surface area contributed by atoms with Crippen LogP contribution >= 0.6 is 0 Å². The predicted molar refractivity (Wildman–Crippen MR) is 76.3 cm³/mol. The molecule has 3 nitrogen and oxygen atoms in total. The van der Waals surface area contributed by atoms with E-state index in [2.05, 4.69) is 50.4 Å². The number of esters is 1. The first-order chi connectivity index (χ1) is 8.93. The summed E-state index contributed by atoms with van der Waals surface area (Å²) in [6, 6.07) is 8.58. The highest BCUT2D eigenvalue weighted by Crippen LogP contribution is 2.32. The van der Waals surface area contributed by atoms with Crippen LogP contribution in [-0.4, -0.2) is 26.2 Å². The average molecular weight is 261 g/mol. The van der Waals surface area contributed by atoms with Crippen molar-refractivity contribution < 1.29 is 9.53 Å². The molecule has 1 aromatic rings. The monoisotopic (exact) mass is 261 g/mol. The number of carbonyl (C=O) groups excluding carboxylic acids is 1. The van der Waals surface area contributed by atoms with Crippen molar-refractivity contribution in [2.45, 2.75) is 32.1 Å². The van der Waals surface area contributed by atoms with Gasteiger partial charge in [-0.1, -0.05) is 45.0 Å². The Morgan fingerprint density at radius 1 is 1.32 bits per heavy atom. The lowest BCUT2D eigenvalue weighted by Crippen LogP contribution is -2.23. The van der Waals surface area contributed by atoms with E-state index in [4.69, 9.17) is 4.74 Å². The second-order valence-corrected chi connectivity index (χ2v) is 6.27. The summed E-state index contributed by atoms with van der Waals surface area (Å²) in [5.74, 6) is 0.0335. The first-order valence-electron chi connectivity index (χ1n) is 6.82. The summed E-state index contributed by atoms with van der Waals surface area (Å²) in [5.41, 5.74) is 2.66. The van der Waals surface area contributed by atoms with E-state index in [1.807, 2.05) is 0 Å². The zero-order chi connectivity index (χ0) is 14.0. The van der Waals surface area contributed by atoms with Crippen molar-refractivity contribution in [3.63, 3.8) is 0 Å². The zero-order valence-electron chi connectivity index (χ0n) is 12.2. The number of carbonyl (C=O) groups is 1. The molecule has 0 spiro atoms. The van der Waals surface area contributed by atoms with Crippen molar-refractivity contribution in [1.82, 2.24) is 5.32 Å². The Kier molecular flexibility index (Phi) is 3.95. The van der Waals surface area contributed by atoms with Crippen LogP contribution in [0.5, 0.6) is 0 Å². The minimum Gasteiger partial charge on any atom is -0.469 e. The minimum atomic E-state index is -0.115. The van der Waals surface area contributed by atoms with Crippen LogP contribution in [0.15, 0.2) is 24.3 Å². The standard InChI is InChI=1S/C16H23NO2/c1-16(2,3)12-7-5-6-11(8-12)13-9-17-10-14(13)15(18)19-4/h5-8,13-14,17H,9-10H2,1-4H3/t13-,14+/m1/s1. The Morgan fingerprint density at radius 2 is 2.05 bits per heavy atom. The lowest BCUT2D eigenvalue weighted by Gasteiger charge is -2.22. The third-order valence-corrected chi connectivity index (χ3v) is 3.90. The van der Waals surface area contributed by atoms with Crippen LogP contribution in [0.4, 0.5) is 0 Å². The maximum atomic E-state index is 11.8. The summed E-state index contributed by atoms with van der Waals surface area (Å²) in [7, 11) is 1.46. The summed E-state index contributed by atoms with van der Waals surface area (Å²) in [6.07, 6.45) is 0. The van der Waals surface area contributed by atoms with Crippen molar-refractivity contribution in [1.29, 1.82) is 0 Å². The smallest absolute Gasteiger partial charge is 0.310 e. The molecule has 0 amide bonds. The number of benzene rings is 1. The summed E-state index contributed by atoms with van der Waals surface area (Å²) >= 11 is 0. The van der Waals surface area contributed by atoms with E-state index >= 15 is 0 Å². The topological polar surface area (TPSA) is 38.3 Å². The lowest BCUT2D eigenvalue weighted by atomic mass is 9.82. The van der Waals surface area contributed by atoms with Gasteiger partial charge in [-0.15, -0.1) is 0 Å². The molecule has 0 saturated carbocycles. The highest BCUT2D eigenvalue weighted by atomic mass is 16.5. The molecule has 19 heavy (non-hydrogen) atoms. The van der Waals surface area contributed by atoms with Gasteiger partial charge in [-0.05, 0) is 16.5 Å². The number of nitrogens with one attached hydrogen (secondary N) is 1. The van der Waals surface area contributed by atoms with Crippen molar-refractivity contribution in [3.8, 4) is 0 Å². The molecule has 1 heterocycles. The van der Waals surface area contributed by atoms with Gasteiger partial charge in [0, 0.05) is 19.0 Å². The molecule has 0 radical (unpaired) electrons. The van der Waals surface area contributed by atoms with Gasteiger partial charge in [-0.25, -0.2) is 0 Å². The average Bonchev–Trinajstić information content (AvgIpc) is 2.86. The molecule has 3 heteroatoms. The van der Waals surface area contributed by atoms with Crippen LogP contribution in [0.3, 0.4) is 0 Å². The van der Waals surface area contributed by atoms with Crippen LogP contribution in [-0.2, 0) is 14.9 Å². The molecule has 1 saturated heterocycles. The van der Waals surface area contributed by atoms with Gasteiger partial charge in [0.2, 0.25) is 0 Å². The van der Waals surface area contributed by atoms with Gasteiger partial charge in [0.05, 0.1) is 13.0 Å². The fourth-order valence-electron chi connectivity index (χ4n) is 2.66. The molecule has 0 bridgehead atoms. The van der Waals surface area contributed by atoms with E-state index in [0.717, 1.165) is 6.54 Å². The van der Waals surface area contributed by atoms with Crippen LogP contribution in [0.2, 0.25) is 0 Å². The lowest BCUT2D eigenvalue weighted by molar-refractivity contribution is -0.145. The summed E-state index contributed by atoms with van der Waals surface area (Å²) < 4.78 is 4.90. The largest absolute Gasteiger partial charge is 0.469 e. The van der Waals surface area contributed by atoms with Gasteiger partial charge < -0.3 is 10.1 Å². The number of ether oxygens (including phenoxy) is 1. The highest BCUT2D eigenvalue weighted by Gasteiger charge is 2.35. The number of hydrogen-bond donors (Lipinski definition) is 1. The summed E-state index contributed by atoms with van der Waals surface area (Å²) in [5, 5.41) is 3.29. The van der Waals surface area contributed by atoms with Gasteiger partial charge >= 0.3 is 5.97 Å². The molecule has 1 aliphatic heterocycles. The second kappa shape index (κ2) is 5.33. The van der Waals surface area contributed by atoms with Crippen molar-refractivity contribution in [3.05, 3.63) is 35.4 Å². The van der Waals surface area contributed by atoms with Crippen LogP contribution < -0.4 is 5.32 Å². The van der Waals surface area contributed by atoms with E-state index in [-0.39, 0.29) is 23.2 Å². The number of rotatable bonds is 2. The first-order valence-corrected chi connectivity index (χ1v) is 6.82. The van der Waals surface area contributed by atoms with Crippen molar-refractivity contribution in [2.24, 2.45) is 5.92 Å². The van der Waals surface area contributed by atoms with E-state index in [0.29, 0.717) is 6.54 Å². The molecular formula is C16H23NO2. The van der Waals surface area contributed by atoms with Gasteiger partial charge in [-0.2, -0.15) is 0 Å². The quantitative estimate of drug-likeness (QED) is 0.831. The number of hydrogen-bond acceptors (Lipinski definition) is 3. The first kappa shape index (κ1) is 14.1. The molecule has 0 aliphatic carbocycles. The fraction of sp³-hybridized carbons (Fsp3) is 0.562. The predicted octanol–water partition coefficient (Wildman–Crippen LogP) is 2.46. The van der Waals surface area contributed by atoms with Crippen LogP contribution in [0, 0.1) is 5.92 Å². The third kappa shape index (κ3) is 2.98. The van der Waals surface area contributed by atoms with Gasteiger partial charge in [0.25, 0.3) is 0 Å². The summed E-state index contributed by atoms with van der Waals surface area (Å²) in [4.78, 5) is 11.8. The maximum Gasteiger partial charge on any atom is 0.310 e. The number of methoxy groups -OCH3 is 1. The maximum absolute atomic E-state index is 11.8. The van der Waals surface area contributed by atoms with Gasteiger partial charge in [0.15, 0.2) is 0 Å². The van der Waals surface area contributed by atoms with Crippen molar-refractivity contribution in [2.75, 3.05) is 20.2 Å². The summed E-state index contributed by atoms with van der Waals surface area (Å²) in [6.45, 7) is 8.16.